The average molecular weight is 323 g/mol. The first kappa shape index (κ1) is 17.7. The van der Waals surface area contributed by atoms with E-state index in [1.165, 1.54) is 0 Å². The number of hydrogen-bond acceptors (Lipinski definition) is 4. The zero-order valence-corrected chi connectivity index (χ0v) is 13.9. The quantitative estimate of drug-likeness (QED) is 0.714. The summed E-state index contributed by atoms with van der Waals surface area (Å²) in [5.74, 6) is -0.0269. The lowest BCUT2D eigenvalue weighted by atomic mass is 10.1. The largest absolute Gasteiger partial charge is 0.383 e. The van der Waals surface area contributed by atoms with Gasteiger partial charge in [-0.25, -0.2) is 0 Å². The number of nitriles is 1. The molecule has 7 nitrogen and oxygen atoms in total. The number of ether oxygens (including phenoxy) is 1. The number of hydrogen-bond donors (Lipinski definition) is 1. The second-order valence-electron chi connectivity index (χ2n) is 6.39. The second-order valence-corrected chi connectivity index (χ2v) is 6.39. The number of amides is 2. The van der Waals surface area contributed by atoms with Crippen LogP contribution in [0.3, 0.4) is 0 Å². The van der Waals surface area contributed by atoms with Gasteiger partial charge in [0.1, 0.15) is 6.04 Å². The molecule has 2 aliphatic rings. The van der Waals surface area contributed by atoms with Gasteiger partial charge >= 0.3 is 0 Å². The Bertz CT molecular complexity index is 476. The molecule has 2 aliphatic heterocycles. The molecule has 0 aliphatic carbocycles. The Labute approximate surface area is 137 Å². The number of nitrogens with zero attached hydrogens (tertiary/aromatic N) is 3. The normalized spacial score (nSPS) is 25.4. The smallest absolute Gasteiger partial charge is 0.281 e. The van der Waals surface area contributed by atoms with Gasteiger partial charge < -0.3 is 20.3 Å². The van der Waals surface area contributed by atoms with Gasteiger partial charge in [0.15, 0.2) is 6.04 Å². The van der Waals surface area contributed by atoms with Crippen molar-refractivity contribution >= 4 is 11.8 Å². The number of carbonyl (C=O) groups is 2. The maximum atomic E-state index is 12.4. The van der Waals surface area contributed by atoms with E-state index in [2.05, 4.69) is 11.8 Å². The Morgan fingerprint density at radius 2 is 2.00 bits per heavy atom. The van der Waals surface area contributed by atoms with Gasteiger partial charge in [0, 0.05) is 33.0 Å². The molecule has 23 heavy (non-hydrogen) atoms. The Morgan fingerprint density at radius 1 is 1.30 bits per heavy atom. The molecule has 3 N–H and O–H groups in total. The lowest BCUT2D eigenvalue weighted by molar-refractivity contribution is -0.407. The van der Waals surface area contributed by atoms with Crippen molar-refractivity contribution in [1.82, 2.24) is 9.80 Å². The molecule has 0 bridgehead atoms. The summed E-state index contributed by atoms with van der Waals surface area (Å²) in [5.41, 5.74) is 3.91. The van der Waals surface area contributed by atoms with Crippen molar-refractivity contribution in [3.63, 3.8) is 0 Å². The van der Waals surface area contributed by atoms with E-state index >= 15 is 0 Å². The zero-order valence-electron chi connectivity index (χ0n) is 13.9. The van der Waals surface area contributed by atoms with Crippen LogP contribution in [0.15, 0.2) is 0 Å². The maximum absolute atomic E-state index is 12.4. The fourth-order valence-electron chi connectivity index (χ4n) is 3.49. The van der Waals surface area contributed by atoms with Crippen LogP contribution in [0.1, 0.15) is 38.5 Å². The molecule has 2 saturated heterocycles. The number of likely N-dealkylation sites (tertiary alicyclic amines) is 2. The molecule has 0 aromatic carbocycles. The molecular weight excluding hydrogens is 296 g/mol. The predicted octanol–water partition coefficient (Wildman–Crippen LogP) is -0.471. The van der Waals surface area contributed by atoms with Gasteiger partial charge in [0.05, 0.1) is 18.7 Å². The molecular formula is C16H27N4O3+. The number of carbonyl (C=O) groups excluding carboxylic acids is 2. The van der Waals surface area contributed by atoms with Gasteiger partial charge in [-0.3, -0.25) is 9.59 Å². The van der Waals surface area contributed by atoms with Crippen molar-refractivity contribution in [2.75, 3.05) is 26.8 Å². The minimum absolute atomic E-state index is 0.0734. The van der Waals surface area contributed by atoms with Crippen molar-refractivity contribution in [3.05, 3.63) is 0 Å². The molecule has 2 heterocycles. The maximum Gasteiger partial charge on any atom is 0.281 e. The molecule has 0 aromatic rings. The first-order chi connectivity index (χ1) is 11.1. The van der Waals surface area contributed by atoms with Crippen LogP contribution in [-0.2, 0) is 14.3 Å². The van der Waals surface area contributed by atoms with E-state index in [4.69, 9.17) is 10.00 Å². The molecule has 3 atom stereocenters. The monoisotopic (exact) mass is 323 g/mol. The van der Waals surface area contributed by atoms with E-state index < -0.39 is 6.04 Å². The van der Waals surface area contributed by atoms with E-state index in [1.807, 2.05) is 4.90 Å². The first-order valence-electron chi connectivity index (χ1n) is 8.40. The molecule has 0 spiro atoms. The fourth-order valence-corrected chi connectivity index (χ4v) is 3.49. The van der Waals surface area contributed by atoms with Crippen molar-refractivity contribution in [3.8, 4) is 6.07 Å². The van der Waals surface area contributed by atoms with Crippen molar-refractivity contribution in [2.45, 2.75) is 56.7 Å². The van der Waals surface area contributed by atoms with E-state index in [9.17, 15) is 9.59 Å². The SMILES string of the molecule is COC[C@H]1CCCN1C(=O)CC[C@H]([NH3+])C(=O)N1CCC[C@H]1C#N. The molecule has 0 saturated carbocycles. The lowest BCUT2D eigenvalue weighted by Gasteiger charge is -2.25. The second kappa shape index (κ2) is 8.27. The Morgan fingerprint density at radius 3 is 2.70 bits per heavy atom. The van der Waals surface area contributed by atoms with Gasteiger partial charge in [-0.1, -0.05) is 0 Å². The van der Waals surface area contributed by atoms with Gasteiger partial charge in [0.25, 0.3) is 5.91 Å². The highest BCUT2D eigenvalue weighted by Gasteiger charge is 2.34. The third-order valence-electron chi connectivity index (χ3n) is 4.80. The number of rotatable bonds is 6. The van der Waals surface area contributed by atoms with Crippen molar-refractivity contribution in [2.24, 2.45) is 0 Å². The minimum Gasteiger partial charge on any atom is -0.383 e. The molecule has 0 aromatic heterocycles. The topological polar surface area (TPSA) is 101 Å². The van der Waals surface area contributed by atoms with Crippen LogP contribution < -0.4 is 5.73 Å². The van der Waals surface area contributed by atoms with Gasteiger partial charge in [0.2, 0.25) is 5.91 Å². The van der Waals surface area contributed by atoms with Crippen LogP contribution in [0.25, 0.3) is 0 Å². The van der Waals surface area contributed by atoms with E-state index in [0.717, 1.165) is 32.2 Å². The molecule has 2 rings (SSSR count). The summed E-state index contributed by atoms with van der Waals surface area (Å²) in [7, 11) is 1.65. The summed E-state index contributed by atoms with van der Waals surface area (Å²) >= 11 is 0. The lowest BCUT2D eigenvalue weighted by Crippen LogP contribution is -2.68. The Hall–Kier alpha value is -1.65. The summed E-state index contributed by atoms with van der Waals surface area (Å²) < 4.78 is 5.16. The summed E-state index contributed by atoms with van der Waals surface area (Å²) in [5, 5.41) is 9.07. The molecule has 2 fully saturated rings. The number of quaternary nitrogens is 1. The summed E-state index contributed by atoms with van der Waals surface area (Å²) in [4.78, 5) is 28.2. The van der Waals surface area contributed by atoms with Crippen LogP contribution in [0.4, 0.5) is 0 Å². The van der Waals surface area contributed by atoms with E-state index in [1.54, 1.807) is 12.0 Å². The summed E-state index contributed by atoms with van der Waals surface area (Å²) in [6.45, 7) is 1.96. The summed E-state index contributed by atoms with van der Waals surface area (Å²) in [6.07, 6.45) is 4.34. The molecule has 2 amide bonds. The highest BCUT2D eigenvalue weighted by Crippen LogP contribution is 2.20. The zero-order chi connectivity index (χ0) is 16.8. The highest BCUT2D eigenvalue weighted by molar-refractivity contribution is 5.83. The van der Waals surface area contributed by atoms with Crippen LogP contribution in [0.5, 0.6) is 0 Å². The third kappa shape index (κ3) is 4.21. The minimum atomic E-state index is -0.462. The van der Waals surface area contributed by atoms with Crippen LogP contribution in [-0.4, -0.2) is 66.5 Å². The Kier molecular flexibility index (Phi) is 6.37. The Balaban J connectivity index is 1.81. The molecule has 0 radical (unpaired) electrons. The first-order valence-corrected chi connectivity index (χ1v) is 8.40. The summed E-state index contributed by atoms with van der Waals surface area (Å²) in [6, 6.07) is 1.54. The third-order valence-corrected chi connectivity index (χ3v) is 4.80. The van der Waals surface area contributed by atoms with Crippen LogP contribution in [0, 0.1) is 11.3 Å². The van der Waals surface area contributed by atoms with Crippen LogP contribution >= 0.6 is 0 Å². The molecule has 0 unspecified atom stereocenters. The van der Waals surface area contributed by atoms with Crippen LogP contribution in [0.2, 0.25) is 0 Å². The van der Waals surface area contributed by atoms with E-state index in [0.29, 0.717) is 26.0 Å². The average Bonchev–Trinajstić information content (AvgIpc) is 3.20. The van der Waals surface area contributed by atoms with Gasteiger partial charge in [-0.05, 0) is 25.7 Å². The van der Waals surface area contributed by atoms with Gasteiger partial charge in [-0.15, -0.1) is 0 Å². The predicted molar refractivity (Wildman–Crippen MR) is 82.9 cm³/mol. The van der Waals surface area contributed by atoms with Crippen molar-refractivity contribution < 1.29 is 20.1 Å². The van der Waals surface area contributed by atoms with Crippen molar-refractivity contribution in [1.29, 1.82) is 5.26 Å². The van der Waals surface area contributed by atoms with E-state index in [-0.39, 0.29) is 23.9 Å². The number of methoxy groups -OCH3 is 1. The molecule has 7 heteroatoms. The molecule has 128 valence electrons. The highest BCUT2D eigenvalue weighted by atomic mass is 16.5. The van der Waals surface area contributed by atoms with Gasteiger partial charge in [-0.2, -0.15) is 5.26 Å². The standard InChI is InChI=1S/C16H26N4O3/c1-23-11-13-5-3-8-19(13)15(21)7-6-14(18)16(22)20-9-2-4-12(20)10-17/h12-14H,2-9,11,18H2,1H3/p+1/t12-,13+,14-/m0/s1. The fraction of sp³-hybridized carbons (Fsp3) is 0.812.